The Bertz CT molecular complexity index is 3240. The van der Waals surface area contributed by atoms with E-state index in [1.54, 1.807) is 11.8 Å². The summed E-state index contributed by atoms with van der Waals surface area (Å²) in [4.78, 5) is 37.4. The molecular weight excluding hydrogens is 759 g/mol. The summed E-state index contributed by atoms with van der Waals surface area (Å²) in [6.45, 7) is 0.322. The van der Waals surface area contributed by atoms with Crippen molar-refractivity contribution in [2.45, 2.75) is 15.5 Å². The topological polar surface area (TPSA) is 105 Å². The van der Waals surface area contributed by atoms with E-state index in [1.165, 1.54) is 11.5 Å². The molecule has 5 aromatic carbocycles. The summed E-state index contributed by atoms with van der Waals surface area (Å²) in [6, 6.07) is 43.2. The zero-order valence-electron chi connectivity index (χ0n) is 30.5. The molecule has 0 saturated carbocycles. The highest BCUT2D eigenvalue weighted by molar-refractivity contribution is 7.99. The lowest BCUT2D eigenvalue weighted by Gasteiger charge is -2.47. The van der Waals surface area contributed by atoms with Gasteiger partial charge < -0.3 is 15.1 Å². The molecule has 10 nitrogen and oxygen atoms in total. The maximum absolute atomic E-state index is 7.50. The van der Waals surface area contributed by atoms with Crippen molar-refractivity contribution in [3.8, 4) is 0 Å². The molecule has 1 unspecified atom stereocenters. The molecule has 0 aliphatic carbocycles. The molecule has 276 valence electrons. The number of allylic oxidation sites excluding steroid dienone is 1. The maximum atomic E-state index is 7.50. The van der Waals surface area contributed by atoms with Crippen molar-refractivity contribution < 1.29 is 4.84 Å². The van der Waals surface area contributed by atoms with Crippen LogP contribution in [0.1, 0.15) is 16.8 Å². The zero-order valence-corrected chi connectivity index (χ0v) is 32.2. The first kappa shape index (κ1) is 33.0. The Hall–Kier alpha value is -7.15. The second kappa shape index (κ2) is 12.9. The molecule has 1 atom stereocenters. The average Bonchev–Trinajstić information content (AvgIpc) is 3.94. The first-order chi connectivity index (χ1) is 28.7. The quantitative estimate of drug-likeness (QED) is 0.134. The number of nitrogens with zero attached hydrogens (tertiary/aromatic N) is 8. The summed E-state index contributed by atoms with van der Waals surface area (Å²) in [5, 5.41) is 9.78. The SMILES string of the molecule is C1=CN(C2(c3cccc4c3Nc3ccccc3S4)C(c3ccsn3)=C(c3cccc4nc5ccccc5nc34)ON2c2ccc3ccc4cccnc4c3n2)CN=C1. The number of nitrogens with one attached hydrogen (secondary N) is 1. The van der Waals surface area contributed by atoms with Crippen molar-refractivity contribution in [2.75, 3.05) is 17.0 Å². The minimum atomic E-state index is -1.24. The van der Waals surface area contributed by atoms with Gasteiger partial charge in [-0.15, -0.1) is 0 Å². The van der Waals surface area contributed by atoms with Crippen LogP contribution in [-0.4, -0.2) is 42.1 Å². The van der Waals surface area contributed by atoms with Gasteiger partial charge in [-0.25, -0.2) is 15.0 Å². The van der Waals surface area contributed by atoms with Crippen LogP contribution in [0.25, 0.3) is 55.2 Å². The number of benzene rings is 5. The van der Waals surface area contributed by atoms with Crippen LogP contribution in [0.4, 0.5) is 17.2 Å². The van der Waals surface area contributed by atoms with Gasteiger partial charge in [-0.2, -0.15) is 9.44 Å². The van der Waals surface area contributed by atoms with Crippen molar-refractivity contribution >= 4 is 102 Å². The van der Waals surface area contributed by atoms with E-state index < -0.39 is 5.66 Å². The molecule has 3 aliphatic rings. The third kappa shape index (κ3) is 4.92. The molecule has 7 heterocycles. The van der Waals surface area contributed by atoms with Crippen molar-refractivity contribution in [1.29, 1.82) is 0 Å². The molecule has 0 fully saturated rings. The Morgan fingerprint density at radius 2 is 1.50 bits per heavy atom. The average molecular weight is 788 g/mol. The smallest absolute Gasteiger partial charge is 0.211 e. The van der Waals surface area contributed by atoms with E-state index in [0.717, 1.165) is 81.9 Å². The van der Waals surface area contributed by atoms with Crippen LogP contribution in [-0.2, 0) is 10.5 Å². The van der Waals surface area contributed by atoms with E-state index in [9.17, 15) is 0 Å². The van der Waals surface area contributed by atoms with Gasteiger partial charge in [0.25, 0.3) is 0 Å². The number of fused-ring (bicyclic) bond motifs is 7. The number of pyridine rings is 2. The van der Waals surface area contributed by atoms with Crippen LogP contribution in [0.2, 0.25) is 0 Å². The second-order valence-corrected chi connectivity index (χ2v) is 15.8. The number of hydroxylamine groups is 1. The molecular formula is C46H29N9OS2. The number of aromatic nitrogens is 5. The number of para-hydroxylation sites is 5. The molecule has 9 aromatic rings. The lowest BCUT2D eigenvalue weighted by Crippen LogP contribution is -2.55. The summed E-state index contributed by atoms with van der Waals surface area (Å²) >= 11 is 3.14. The molecule has 58 heavy (non-hydrogen) atoms. The lowest BCUT2D eigenvalue weighted by atomic mass is 9.84. The molecule has 3 aliphatic heterocycles. The Morgan fingerprint density at radius 3 is 2.38 bits per heavy atom. The number of hydrogen-bond acceptors (Lipinski definition) is 12. The highest BCUT2D eigenvalue weighted by Crippen LogP contribution is 2.59. The van der Waals surface area contributed by atoms with Gasteiger partial charge in [0.1, 0.15) is 12.2 Å². The van der Waals surface area contributed by atoms with Gasteiger partial charge in [0.05, 0.1) is 50.2 Å². The molecule has 12 heteroatoms. The number of rotatable bonds is 5. The summed E-state index contributed by atoms with van der Waals surface area (Å²) in [6.07, 6.45) is 7.69. The third-order valence-corrected chi connectivity index (χ3v) is 12.6. The Labute approximate surface area is 340 Å². The van der Waals surface area contributed by atoms with E-state index in [-0.39, 0.29) is 0 Å². The van der Waals surface area contributed by atoms with E-state index in [1.807, 2.05) is 77.5 Å². The van der Waals surface area contributed by atoms with Crippen molar-refractivity contribution in [1.82, 2.24) is 29.2 Å². The van der Waals surface area contributed by atoms with Gasteiger partial charge >= 0.3 is 0 Å². The van der Waals surface area contributed by atoms with Gasteiger partial charge in [-0.1, -0.05) is 72.4 Å². The highest BCUT2D eigenvalue weighted by atomic mass is 32.2. The fourth-order valence-electron chi connectivity index (χ4n) is 8.35. The Balaban J connectivity index is 1.21. The van der Waals surface area contributed by atoms with Gasteiger partial charge in [0, 0.05) is 55.7 Å². The predicted octanol–water partition coefficient (Wildman–Crippen LogP) is 10.6. The first-order valence-electron chi connectivity index (χ1n) is 18.8. The minimum absolute atomic E-state index is 0.322. The maximum Gasteiger partial charge on any atom is 0.211 e. The monoisotopic (exact) mass is 787 g/mol. The zero-order chi connectivity index (χ0) is 38.2. The molecule has 0 bridgehead atoms. The van der Waals surface area contributed by atoms with Crippen LogP contribution in [0.3, 0.4) is 0 Å². The fraction of sp³-hybridized carbons (Fsp3) is 0.0435. The summed E-state index contributed by atoms with van der Waals surface area (Å²) in [5.74, 6) is 1.16. The Morgan fingerprint density at radius 1 is 0.690 bits per heavy atom. The molecule has 1 N–H and O–H groups in total. The van der Waals surface area contributed by atoms with E-state index >= 15 is 0 Å². The highest BCUT2D eigenvalue weighted by Gasteiger charge is 2.58. The molecule has 4 aromatic heterocycles. The number of anilines is 3. The fourth-order valence-corrected chi connectivity index (χ4v) is 9.89. The lowest BCUT2D eigenvalue weighted by molar-refractivity contribution is 0.101. The minimum Gasteiger partial charge on any atom is -0.374 e. The Kier molecular flexibility index (Phi) is 7.37. The normalized spacial score (nSPS) is 17.2. The van der Waals surface area contributed by atoms with Crippen LogP contribution in [0.15, 0.2) is 166 Å². The van der Waals surface area contributed by atoms with Crippen LogP contribution < -0.4 is 10.4 Å². The van der Waals surface area contributed by atoms with Crippen molar-refractivity contribution in [2.24, 2.45) is 4.99 Å². The summed E-state index contributed by atoms with van der Waals surface area (Å²) < 4.78 is 5.08. The van der Waals surface area contributed by atoms with E-state index in [2.05, 4.69) is 95.3 Å². The van der Waals surface area contributed by atoms with Gasteiger partial charge in [-0.05, 0) is 84.3 Å². The van der Waals surface area contributed by atoms with Gasteiger partial charge in [0.2, 0.25) is 5.66 Å². The van der Waals surface area contributed by atoms with Crippen molar-refractivity contribution in [3.63, 3.8) is 0 Å². The van der Waals surface area contributed by atoms with Gasteiger partial charge in [-0.3, -0.25) is 9.98 Å². The van der Waals surface area contributed by atoms with E-state index in [4.69, 9.17) is 34.1 Å². The molecule has 0 spiro atoms. The predicted molar refractivity (Wildman–Crippen MR) is 233 cm³/mol. The third-order valence-electron chi connectivity index (χ3n) is 10.9. The number of hydrogen-bond donors (Lipinski definition) is 1. The van der Waals surface area contributed by atoms with Crippen LogP contribution in [0, 0.1) is 0 Å². The molecule has 0 amide bonds. The second-order valence-electron chi connectivity index (χ2n) is 14.1. The molecule has 0 saturated heterocycles. The summed E-state index contributed by atoms with van der Waals surface area (Å²) in [7, 11) is 0. The molecule has 0 radical (unpaired) electrons. The first-order valence-corrected chi connectivity index (χ1v) is 20.4. The molecule has 12 rings (SSSR count). The van der Waals surface area contributed by atoms with Crippen LogP contribution in [0.5, 0.6) is 0 Å². The van der Waals surface area contributed by atoms with Crippen molar-refractivity contribution in [3.05, 3.63) is 168 Å². The largest absolute Gasteiger partial charge is 0.374 e. The van der Waals surface area contributed by atoms with E-state index in [0.29, 0.717) is 23.8 Å². The van der Waals surface area contributed by atoms with Crippen LogP contribution >= 0.6 is 23.3 Å². The standard InChI is InChI=1S/C46H29N9OS2/c1-2-13-33-32(12-1)49-36-15-5-10-30(43(36)50-33)45-40(35-22-26-57-53-35)46(54-25-8-23-47-27-54,31-11-6-17-38-44(31)51-34-14-3-4-16-37(34)58-38)55(56-45)39-21-20-29-19-18-28-9-7-24-48-41(28)42(29)52-39/h1-26,51H,27H2. The summed E-state index contributed by atoms with van der Waals surface area (Å²) in [5.41, 5.74) is 8.67. The van der Waals surface area contributed by atoms with Gasteiger partial charge in [0.15, 0.2) is 11.6 Å². The number of aliphatic imine (C=N–C) groups is 1.